The molecule has 0 fully saturated rings. The number of aliphatic carboxylic acids is 1. The Bertz CT molecular complexity index is 771. The van der Waals surface area contributed by atoms with Gasteiger partial charge in [-0.25, -0.2) is 4.79 Å². The fourth-order valence-corrected chi connectivity index (χ4v) is 2.91. The third-order valence-corrected chi connectivity index (χ3v) is 4.78. The number of carbonyl (C=O) groups excluding carboxylic acids is 3. The van der Waals surface area contributed by atoms with Crippen LogP contribution in [0.15, 0.2) is 30.3 Å². The van der Waals surface area contributed by atoms with Gasteiger partial charge >= 0.3 is 5.97 Å². The number of rotatable bonds is 15. The normalized spacial score (nSPS) is 13.5. The van der Waals surface area contributed by atoms with Crippen molar-refractivity contribution in [1.29, 1.82) is 0 Å². The van der Waals surface area contributed by atoms with E-state index in [1.807, 2.05) is 20.8 Å². The third kappa shape index (κ3) is 11.9. The Morgan fingerprint density at radius 1 is 1.00 bits per heavy atom. The highest BCUT2D eigenvalue weighted by molar-refractivity contribution is 5.89. The van der Waals surface area contributed by atoms with Gasteiger partial charge in [0.15, 0.2) is 6.61 Å². The molecule has 0 aliphatic rings. The monoisotopic (exact) mass is 465 g/mol. The summed E-state index contributed by atoms with van der Waals surface area (Å²) in [7, 11) is 0. The van der Waals surface area contributed by atoms with E-state index in [0.717, 1.165) is 0 Å². The molecule has 0 bridgehead atoms. The number of hydrogen-bond acceptors (Lipinski definition) is 6. The van der Waals surface area contributed by atoms with Crippen LogP contribution < -0.4 is 20.7 Å². The molecule has 184 valence electrons. The van der Waals surface area contributed by atoms with Gasteiger partial charge in [-0.2, -0.15) is 0 Å². The number of carboxylic acids is 1. The van der Waals surface area contributed by atoms with Crippen molar-refractivity contribution in [2.75, 3.05) is 19.7 Å². The van der Waals surface area contributed by atoms with Crippen LogP contribution >= 0.6 is 0 Å². The van der Waals surface area contributed by atoms with Gasteiger partial charge < -0.3 is 30.9 Å². The van der Waals surface area contributed by atoms with Crippen molar-refractivity contribution in [3.63, 3.8) is 0 Å². The van der Waals surface area contributed by atoms with Crippen LogP contribution in [0.25, 0.3) is 0 Å². The van der Waals surface area contributed by atoms with Gasteiger partial charge in [-0.1, -0.05) is 39.0 Å². The number of ether oxygens (including phenoxy) is 1. The molecule has 0 saturated carbocycles. The Hall–Kier alpha value is -3.14. The molecule has 10 heteroatoms. The Balaban J connectivity index is 2.44. The lowest BCUT2D eigenvalue weighted by molar-refractivity contribution is -0.143. The lowest BCUT2D eigenvalue weighted by Crippen LogP contribution is -2.46. The fourth-order valence-electron chi connectivity index (χ4n) is 2.91. The molecule has 33 heavy (non-hydrogen) atoms. The van der Waals surface area contributed by atoms with E-state index >= 15 is 0 Å². The van der Waals surface area contributed by atoms with Gasteiger partial charge in [-0.05, 0) is 30.9 Å². The smallest absolute Gasteiger partial charge is 0.326 e. The molecule has 0 spiro atoms. The zero-order chi connectivity index (χ0) is 24.8. The minimum absolute atomic E-state index is 0.135. The van der Waals surface area contributed by atoms with Crippen LogP contribution in [0.3, 0.4) is 0 Å². The molecule has 1 aromatic rings. The molecular weight excluding hydrogens is 430 g/mol. The highest BCUT2D eigenvalue weighted by Gasteiger charge is 2.25. The lowest BCUT2D eigenvalue weighted by Gasteiger charge is -2.20. The Morgan fingerprint density at radius 2 is 1.67 bits per heavy atom. The second-order valence-electron chi connectivity index (χ2n) is 8.20. The number of benzene rings is 1. The topological polar surface area (TPSA) is 154 Å². The van der Waals surface area contributed by atoms with Crippen LogP contribution in [0.2, 0.25) is 0 Å². The summed E-state index contributed by atoms with van der Waals surface area (Å²) in [6.45, 7) is 5.81. The van der Waals surface area contributed by atoms with Gasteiger partial charge in [-0.3, -0.25) is 14.4 Å². The van der Waals surface area contributed by atoms with Gasteiger partial charge in [0.25, 0.3) is 5.91 Å². The first-order valence-electron chi connectivity index (χ1n) is 11.0. The molecule has 0 aliphatic carbocycles. The molecule has 0 aliphatic heterocycles. The highest BCUT2D eigenvalue weighted by Crippen LogP contribution is 2.12. The zero-order valence-electron chi connectivity index (χ0n) is 19.4. The van der Waals surface area contributed by atoms with E-state index < -0.39 is 48.9 Å². The Morgan fingerprint density at radius 3 is 2.24 bits per heavy atom. The first-order chi connectivity index (χ1) is 15.6. The summed E-state index contributed by atoms with van der Waals surface area (Å²) in [6, 6.07) is 7.10. The summed E-state index contributed by atoms with van der Waals surface area (Å²) in [4.78, 5) is 47.7. The van der Waals surface area contributed by atoms with Gasteiger partial charge in [0, 0.05) is 19.0 Å². The molecule has 3 atom stereocenters. The summed E-state index contributed by atoms with van der Waals surface area (Å²) in [5.74, 6) is -2.49. The summed E-state index contributed by atoms with van der Waals surface area (Å²) < 4.78 is 5.26. The minimum Gasteiger partial charge on any atom is -0.484 e. The fraction of sp³-hybridized carbons (Fsp3) is 0.565. The van der Waals surface area contributed by atoms with Gasteiger partial charge in [-0.15, -0.1) is 0 Å². The number of carbonyl (C=O) groups is 4. The quantitative estimate of drug-likeness (QED) is 0.255. The molecule has 0 radical (unpaired) electrons. The molecule has 5 N–H and O–H groups in total. The van der Waals surface area contributed by atoms with Crippen LogP contribution in [0.1, 0.15) is 40.0 Å². The van der Waals surface area contributed by atoms with Crippen molar-refractivity contribution >= 4 is 23.7 Å². The van der Waals surface area contributed by atoms with Crippen molar-refractivity contribution in [3.05, 3.63) is 30.3 Å². The summed E-state index contributed by atoms with van der Waals surface area (Å²) in [5, 5.41) is 27.0. The second kappa shape index (κ2) is 14.8. The number of hydrogen-bond donors (Lipinski definition) is 5. The SMILES string of the molecule is CC[C@H](C[C@H](O)CNC(=O)C[C@H](NC(=O)COc1ccccc1)C(=O)O)C(=O)NCC(C)C. The number of carboxylic acid groups (broad SMARTS) is 1. The van der Waals surface area contributed by atoms with Crippen molar-refractivity contribution in [2.45, 2.75) is 52.2 Å². The van der Waals surface area contributed by atoms with E-state index in [2.05, 4.69) is 16.0 Å². The number of nitrogens with one attached hydrogen (secondary N) is 3. The van der Waals surface area contributed by atoms with Gasteiger partial charge in [0.05, 0.1) is 12.5 Å². The molecule has 0 aromatic heterocycles. The molecule has 0 heterocycles. The largest absolute Gasteiger partial charge is 0.484 e. The van der Waals surface area contributed by atoms with Crippen molar-refractivity contribution in [3.8, 4) is 5.75 Å². The number of para-hydroxylation sites is 1. The van der Waals surface area contributed by atoms with Crippen LogP contribution in [0.5, 0.6) is 5.75 Å². The van der Waals surface area contributed by atoms with E-state index in [9.17, 15) is 29.4 Å². The van der Waals surface area contributed by atoms with E-state index in [1.165, 1.54) is 0 Å². The summed E-state index contributed by atoms with van der Waals surface area (Å²) in [6.07, 6.45) is -0.782. The highest BCUT2D eigenvalue weighted by atomic mass is 16.5. The Labute approximate surface area is 194 Å². The van der Waals surface area contributed by atoms with Crippen molar-refractivity contribution in [2.24, 2.45) is 11.8 Å². The number of aliphatic hydroxyl groups excluding tert-OH is 1. The molecule has 10 nitrogen and oxygen atoms in total. The lowest BCUT2D eigenvalue weighted by atomic mass is 9.97. The van der Waals surface area contributed by atoms with Gasteiger partial charge in [0.1, 0.15) is 11.8 Å². The molecule has 1 aromatic carbocycles. The van der Waals surface area contributed by atoms with Crippen LogP contribution in [0, 0.1) is 11.8 Å². The average molecular weight is 466 g/mol. The number of aliphatic hydroxyl groups is 1. The minimum atomic E-state index is -1.45. The van der Waals surface area contributed by atoms with E-state index in [0.29, 0.717) is 24.6 Å². The van der Waals surface area contributed by atoms with Gasteiger partial charge in [0.2, 0.25) is 11.8 Å². The first kappa shape index (κ1) is 27.9. The standard InChI is InChI=1S/C23H35N3O7/c1-4-16(22(30)25-12-15(2)3)10-17(27)13-24-20(28)11-19(23(31)32)26-21(29)14-33-18-8-6-5-7-9-18/h5-9,15-17,19,27H,4,10-14H2,1-3H3,(H,24,28)(H,25,30)(H,26,29)(H,31,32)/t16-,17+,19+/m1/s1. The molecule has 1 rings (SSSR count). The van der Waals surface area contributed by atoms with E-state index in [-0.39, 0.29) is 18.9 Å². The van der Waals surface area contributed by atoms with Crippen molar-refractivity contribution < 1.29 is 34.1 Å². The molecule has 0 unspecified atom stereocenters. The second-order valence-corrected chi connectivity index (χ2v) is 8.20. The molecule has 3 amide bonds. The van der Waals surface area contributed by atoms with E-state index in [4.69, 9.17) is 4.74 Å². The number of amides is 3. The summed E-state index contributed by atoms with van der Waals surface area (Å²) in [5.41, 5.74) is 0. The van der Waals surface area contributed by atoms with E-state index in [1.54, 1.807) is 30.3 Å². The third-order valence-electron chi connectivity index (χ3n) is 4.78. The maximum atomic E-state index is 12.2. The maximum Gasteiger partial charge on any atom is 0.326 e. The molecule has 0 saturated heterocycles. The molecular formula is C23H35N3O7. The predicted molar refractivity (Wildman–Crippen MR) is 121 cm³/mol. The first-order valence-corrected chi connectivity index (χ1v) is 11.0. The van der Waals surface area contributed by atoms with Crippen LogP contribution in [-0.2, 0) is 19.2 Å². The Kier molecular flexibility index (Phi) is 12.5. The van der Waals surface area contributed by atoms with Crippen molar-refractivity contribution in [1.82, 2.24) is 16.0 Å². The summed E-state index contributed by atoms with van der Waals surface area (Å²) >= 11 is 0. The van der Waals surface area contributed by atoms with Crippen LogP contribution in [-0.4, -0.2) is 65.7 Å². The maximum absolute atomic E-state index is 12.2. The average Bonchev–Trinajstić information content (AvgIpc) is 2.78. The predicted octanol–water partition coefficient (Wildman–Crippen LogP) is 0.691. The zero-order valence-corrected chi connectivity index (χ0v) is 19.4. The van der Waals surface area contributed by atoms with Crippen LogP contribution in [0.4, 0.5) is 0 Å².